The SMILES string of the molecule is C1=CC2=C(CC1)CCCC2Cc1cnc[nH]1. The van der Waals surface area contributed by atoms with Gasteiger partial charge in [-0.3, -0.25) is 0 Å². The van der Waals surface area contributed by atoms with Gasteiger partial charge in [-0.15, -0.1) is 0 Å². The molecule has 1 unspecified atom stereocenters. The van der Waals surface area contributed by atoms with Crippen LogP contribution in [0.4, 0.5) is 0 Å². The molecule has 0 bridgehead atoms. The predicted molar refractivity (Wildman–Crippen MR) is 65.0 cm³/mol. The fourth-order valence-corrected chi connectivity index (χ4v) is 3.02. The summed E-state index contributed by atoms with van der Waals surface area (Å²) in [6, 6.07) is 0. The number of nitrogens with zero attached hydrogens (tertiary/aromatic N) is 1. The van der Waals surface area contributed by atoms with Crippen LogP contribution in [0.1, 0.15) is 37.8 Å². The molecule has 1 atom stereocenters. The number of aromatic nitrogens is 2. The molecule has 3 rings (SSSR count). The standard InChI is InChI=1S/C14H18N2/c1-2-7-14-11(4-1)5-3-6-12(14)8-13-9-15-10-16-13/h2,7,9-10,12H,1,3-6,8H2,(H,15,16). The minimum atomic E-state index is 0.723. The van der Waals surface area contributed by atoms with Crippen LogP contribution < -0.4 is 0 Å². The maximum Gasteiger partial charge on any atom is 0.0921 e. The molecule has 0 amide bonds. The molecule has 2 heteroatoms. The summed E-state index contributed by atoms with van der Waals surface area (Å²) in [6.45, 7) is 0. The summed E-state index contributed by atoms with van der Waals surface area (Å²) >= 11 is 0. The Balaban J connectivity index is 1.82. The molecule has 0 fully saturated rings. The van der Waals surface area contributed by atoms with E-state index in [1.165, 1.54) is 37.8 Å². The van der Waals surface area contributed by atoms with Crippen LogP contribution in [0.3, 0.4) is 0 Å². The molecule has 0 spiro atoms. The van der Waals surface area contributed by atoms with Crippen LogP contribution >= 0.6 is 0 Å². The van der Waals surface area contributed by atoms with Gasteiger partial charge in [-0.2, -0.15) is 0 Å². The Morgan fingerprint density at radius 1 is 1.38 bits per heavy atom. The van der Waals surface area contributed by atoms with E-state index in [4.69, 9.17) is 0 Å². The summed E-state index contributed by atoms with van der Waals surface area (Å²) in [7, 11) is 0. The lowest BCUT2D eigenvalue weighted by Gasteiger charge is -2.28. The van der Waals surface area contributed by atoms with Crippen LogP contribution in [-0.4, -0.2) is 9.97 Å². The summed E-state index contributed by atoms with van der Waals surface area (Å²) in [4.78, 5) is 7.32. The van der Waals surface area contributed by atoms with Crippen molar-refractivity contribution in [2.24, 2.45) is 5.92 Å². The Hall–Kier alpha value is -1.31. The van der Waals surface area contributed by atoms with E-state index in [1.54, 1.807) is 17.5 Å². The van der Waals surface area contributed by atoms with Gasteiger partial charge in [0.15, 0.2) is 0 Å². The van der Waals surface area contributed by atoms with Crippen LogP contribution in [0, 0.1) is 5.92 Å². The van der Waals surface area contributed by atoms with Crippen LogP contribution in [0.5, 0.6) is 0 Å². The third kappa shape index (κ3) is 1.84. The Morgan fingerprint density at radius 3 is 3.25 bits per heavy atom. The molecule has 0 radical (unpaired) electrons. The van der Waals surface area contributed by atoms with Gasteiger partial charge in [0.2, 0.25) is 0 Å². The van der Waals surface area contributed by atoms with E-state index in [1.807, 2.05) is 6.20 Å². The minimum absolute atomic E-state index is 0.723. The highest BCUT2D eigenvalue weighted by molar-refractivity contribution is 5.34. The topological polar surface area (TPSA) is 28.7 Å². The van der Waals surface area contributed by atoms with Crippen molar-refractivity contribution in [3.8, 4) is 0 Å². The van der Waals surface area contributed by atoms with Gasteiger partial charge in [-0.05, 0) is 50.0 Å². The number of hydrogen-bond acceptors (Lipinski definition) is 1. The first-order valence-corrected chi connectivity index (χ1v) is 6.29. The van der Waals surface area contributed by atoms with Crippen LogP contribution in [0.25, 0.3) is 0 Å². The summed E-state index contributed by atoms with van der Waals surface area (Å²) in [5.41, 5.74) is 4.63. The fourth-order valence-electron chi connectivity index (χ4n) is 3.02. The maximum atomic E-state index is 4.10. The summed E-state index contributed by atoms with van der Waals surface area (Å²) in [5.74, 6) is 0.723. The molecule has 84 valence electrons. The van der Waals surface area contributed by atoms with Crippen molar-refractivity contribution in [3.63, 3.8) is 0 Å². The Morgan fingerprint density at radius 2 is 2.38 bits per heavy atom. The highest BCUT2D eigenvalue weighted by Crippen LogP contribution is 2.37. The van der Waals surface area contributed by atoms with Crippen molar-refractivity contribution in [2.45, 2.75) is 38.5 Å². The number of aromatic amines is 1. The lowest BCUT2D eigenvalue weighted by atomic mass is 9.77. The van der Waals surface area contributed by atoms with E-state index < -0.39 is 0 Å². The molecule has 2 aliphatic rings. The molecule has 1 aromatic rings. The van der Waals surface area contributed by atoms with Gasteiger partial charge >= 0.3 is 0 Å². The zero-order valence-electron chi connectivity index (χ0n) is 9.58. The van der Waals surface area contributed by atoms with E-state index in [2.05, 4.69) is 22.1 Å². The molecule has 2 nitrogen and oxygen atoms in total. The van der Waals surface area contributed by atoms with Gasteiger partial charge in [-0.1, -0.05) is 17.7 Å². The molecule has 16 heavy (non-hydrogen) atoms. The van der Waals surface area contributed by atoms with Crippen molar-refractivity contribution in [1.82, 2.24) is 9.97 Å². The van der Waals surface area contributed by atoms with E-state index >= 15 is 0 Å². The second-order valence-corrected chi connectivity index (χ2v) is 4.87. The number of H-pyrrole nitrogens is 1. The highest BCUT2D eigenvalue weighted by Gasteiger charge is 2.22. The van der Waals surface area contributed by atoms with E-state index in [0.717, 1.165) is 12.3 Å². The zero-order valence-corrected chi connectivity index (χ0v) is 9.58. The second kappa shape index (κ2) is 4.28. The van der Waals surface area contributed by atoms with Gasteiger partial charge in [0.25, 0.3) is 0 Å². The van der Waals surface area contributed by atoms with E-state index in [9.17, 15) is 0 Å². The largest absolute Gasteiger partial charge is 0.348 e. The third-order valence-corrected chi connectivity index (χ3v) is 3.81. The van der Waals surface area contributed by atoms with Gasteiger partial charge in [-0.25, -0.2) is 4.98 Å². The highest BCUT2D eigenvalue weighted by atomic mass is 14.9. The number of hydrogen-bond donors (Lipinski definition) is 1. The maximum absolute atomic E-state index is 4.10. The number of nitrogens with one attached hydrogen (secondary N) is 1. The fraction of sp³-hybridized carbons (Fsp3) is 0.500. The van der Waals surface area contributed by atoms with Crippen molar-refractivity contribution in [2.75, 3.05) is 0 Å². The first-order chi connectivity index (χ1) is 7.93. The zero-order chi connectivity index (χ0) is 10.8. The third-order valence-electron chi connectivity index (χ3n) is 3.81. The molecular formula is C14H18N2. The lowest BCUT2D eigenvalue weighted by molar-refractivity contribution is 0.489. The quantitative estimate of drug-likeness (QED) is 0.803. The lowest BCUT2D eigenvalue weighted by Crippen LogP contribution is -2.15. The second-order valence-electron chi connectivity index (χ2n) is 4.87. The number of imidazole rings is 1. The van der Waals surface area contributed by atoms with Crippen molar-refractivity contribution < 1.29 is 0 Å². The summed E-state index contributed by atoms with van der Waals surface area (Å²) < 4.78 is 0. The van der Waals surface area contributed by atoms with Crippen LogP contribution in [-0.2, 0) is 6.42 Å². The molecule has 0 aromatic carbocycles. The Kier molecular flexibility index (Phi) is 2.65. The normalized spacial score (nSPS) is 24.6. The van der Waals surface area contributed by atoms with Gasteiger partial charge in [0, 0.05) is 11.9 Å². The number of allylic oxidation sites excluding steroid dienone is 4. The van der Waals surface area contributed by atoms with Crippen molar-refractivity contribution in [3.05, 3.63) is 41.5 Å². The average Bonchev–Trinajstić information content (AvgIpc) is 2.82. The van der Waals surface area contributed by atoms with Crippen LogP contribution in [0.2, 0.25) is 0 Å². The van der Waals surface area contributed by atoms with Crippen molar-refractivity contribution in [1.29, 1.82) is 0 Å². The molecule has 0 aliphatic heterocycles. The van der Waals surface area contributed by atoms with Crippen molar-refractivity contribution >= 4 is 0 Å². The van der Waals surface area contributed by atoms with Gasteiger partial charge in [0.05, 0.1) is 6.33 Å². The summed E-state index contributed by atoms with van der Waals surface area (Å²) in [6.07, 6.45) is 16.2. The molecule has 0 saturated carbocycles. The first-order valence-electron chi connectivity index (χ1n) is 6.29. The molecule has 1 aromatic heterocycles. The molecule has 0 saturated heterocycles. The molecular weight excluding hydrogens is 196 g/mol. The Bertz CT molecular complexity index is 412. The van der Waals surface area contributed by atoms with Gasteiger partial charge < -0.3 is 4.98 Å². The van der Waals surface area contributed by atoms with E-state index in [-0.39, 0.29) is 0 Å². The smallest absolute Gasteiger partial charge is 0.0921 e. The van der Waals surface area contributed by atoms with E-state index in [0.29, 0.717) is 0 Å². The number of rotatable bonds is 2. The predicted octanol–water partition coefficient (Wildman–Crippen LogP) is 3.40. The van der Waals surface area contributed by atoms with Gasteiger partial charge in [0.1, 0.15) is 0 Å². The monoisotopic (exact) mass is 214 g/mol. The average molecular weight is 214 g/mol. The molecule has 1 N–H and O–H groups in total. The molecule has 1 heterocycles. The molecule has 2 aliphatic carbocycles. The Labute approximate surface area is 96.5 Å². The minimum Gasteiger partial charge on any atom is -0.348 e. The summed E-state index contributed by atoms with van der Waals surface area (Å²) in [5, 5.41) is 0. The first kappa shape index (κ1) is 9.88. The van der Waals surface area contributed by atoms with Crippen LogP contribution in [0.15, 0.2) is 35.8 Å².